The van der Waals surface area contributed by atoms with E-state index in [4.69, 9.17) is 0 Å². The second kappa shape index (κ2) is 6.94. The Labute approximate surface area is 141 Å². The van der Waals surface area contributed by atoms with E-state index in [0.717, 1.165) is 11.4 Å². The molecule has 2 amide bonds. The van der Waals surface area contributed by atoms with Gasteiger partial charge in [-0.25, -0.2) is 9.50 Å². The number of likely N-dealkylation sites (N-methyl/N-ethyl adjacent to an activating group) is 1. The van der Waals surface area contributed by atoms with E-state index >= 15 is 0 Å². The van der Waals surface area contributed by atoms with Crippen LogP contribution in [0.15, 0.2) is 6.07 Å². The van der Waals surface area contributed by atoms with Gasteiger partial charge in [0.2, 0.25) is 11.7 Å². The zero-order valence-electron chi connectivity index (χ0n) is 15.0. The van der Waals surface area contributed by atoms with Crippen molar-refractivity contribution in [3.05, 3.63) is 23.3 Å². The Hall–Kier alpha value is -2.51. The van der Waals surface area contributed by atoms with E-state index in [1.54, 1.807) is 14.1 Å². The quantitative estimate of drug-likeness (QED) is 0.881. The fourth-order valence-electron chi connectivity index (χ4n) is 2.49. The van der Waals surface area contributed by atoms with E-state index in [1.807, 2.05) is 33.8 Å². The zero-order valence-corrected chi connectivity index (χ0v) is 15.0. The lowest BCUT2D eigenvalue weighted by molar-refractivity contribution is -0.131. The minimum atomic E-state index is -0.602. The molecular weight excluding hydrogens is 308 g/mol. The molecule has 24 heavy (non-hydrogen) atoms. The van der Waals surface area contributed by atoms with Crippen LogP contribution in [0, 0.1) is 19.8 Å². The summed E-state index contributed by atoms with van der Waals surface area (Å²) in [7, 11) is 3.34. The van der Waals surface area contributed by atoms with Crippen molar-refractivity contribution in [2.24, 2.45) is 5.92 Å². The van der Waals surface area contributed by atoms with Crippen LogP contribution in [0.2, 0.25) is 0 Å². The fourth-order valence-corrected chi connectivity index (χ4v) is 2.49. The lowest BCUT2D eigenvalue weighted by Gasteiger charge is -2.22. The first-order valence-corrected chi connectivity index (χ1v) is 7.92. The van der Waals surface area contributed by atoms with E-state index in [-0.39, 0.29) is 17.6 Å². The van der Waals surface area contributed by atoms with E-state index in [0.29, 0.717) is 12.2 Å². The summed E-state index contributed by atoms with van der Waals surface area (Å²) in [5, 5.41) is 6.94. The Balaban J connectivity index is 2.26. The van der Waals surface area contributed by atoms with Crippen LogP contribution in [0.5, 0.6) is 0 Å². The van der Waals surface area contributed by atoms with Gasteiger partial charge in [-0.2, -0.15) is 4.98 Å². The predicted molar refractivity (Wildman–Crippen MR) is 89.7 cm³/mol. The molecule has 2 rings (SSSR count). The molecule has 8 nitrogen and oxygen atoms in total. The molecule has 0 aliphatic heterocycles. The summed E-state index contributed by atoms with van der Waals surface area (Å²) in [6, 6.07) is 1.26. The van der Waals surface area contributed by atoms with Crippen molar-refractivity contribution in [3.8, 4) is 0 Å². The molecule has 0 aliphatic rings. The molecule has 0 saturated heterocycles. The highest BCUT2D eigenvalue weighted by Gasteiger charge is 2.25. The van der Waals surface area contributed by atoms with Crippen LogP contribution in [-0.2, 0) is 4.79 Å². The lowest BCUT2D eigenvalue weighted by atomic mass is 10.0. The van der Waals surface area contributed by atoms with Crippen LogP contribution in [0.4, 0.5) is 0 Å². The Bertz CT molecular complexity index is 765. The number of aromatic nitrogens is 4. The average Bonchev–Trinajstić information content (AvgIpc) is 2.89. The normalized spacial score (nSPS) is 12.5. The number of hydrogen-bond acceptors (Lipinski definition) is 5. The topological polar surface area (TPSA) is 92.5 Å². The maximum atomic E-state index is 12.5. The third-order valence-corrected chi connectivity index (χ3v) is 3.57. The van der Waals surface area contributed by atoms with Crippen molar-refractivity contribution in [2.45, 2.75) is 40.2 Å². The molecule has 1 atom stereocenters. The maximum absolute atomic E-state index is 12.5. The number of nitrogens with one attached hydrogen (secondary N) is 1. The van der Waals surface area contributed by atoms with Crippen LogP contribution in [-0.4, -0.2) is 56.4 Å². The Morgan fingerprint density at radius 3 is 2.50 bits per heavy atom. The largest absolute Gasteiger partial charge is 0.347 e. The molecule has 2 aromatic heterocycles. The van der Waals surface area contributed by atoms with Gasteiger partial charge in [0.25, 0.3) is 11.7 Å². The number of amides is 2. The molecule has 130 valence electrons. The first-order valence-electron chi connectivity index (χ1n) is 7.92. The zero-order chi connectivity index (χ0) is 18.0. The SMILES string of the molecule is Cc1cc(C)n2nc(C(=O)N[C@H](CC(C)C)C(=O)N(C)C)nc2n1. The van der Waals surface area contributed by atoms with E-state index < -0.39 is 11.9 Å². The molecule has 0 saturated carbocycles. The van der Waals surface area contributed by atoms with Crippen molar-refractivity contribution in [1.82, 2.24) is 29.8 Å². The molecule has 0 radical (unpaired) electrons. The van der Waals surface area contributed by atoms with E-state index in [2.05, 4.69) is 20.4 Å². The summed E-state index contributed by atoms with van der Waals surface area (Å²) >= 11 is 0. The highest BCUT2D eigenvalue weighted by molar-refractivity contribution is 5.95. The molecule has 0 aliphatic carbocycles. The summed E-state index contributed by atoms with van der Waals surface area (Å²) in [5.41, 5.74) is 1.65. The highest BCUT2D eigenvalue weighted by atomic mass is 16.2. The van der Waals surface area contributed by atoms with Gasteiger partial charge in [-0.15, -0.1) is 5.10 Å². The summed E-state index contributed by atoms with van der Waals surface area (Å²) in [6.45, 7) is 7.73. The molecule has 0 aromatic carbocycles. The van der Waals surface area contributed by atoms with Crippen LogP contribution < -0.4 is 5.32 Å². The first-order chi connectivity index (χ1) is 11.2. The maximum Gasteiger partial charge on any atom is 0.291 e. The number of carbonyl (C=O) groups excluding carboxylic acids is 2. The van der Waals surface area contributed by atoms with E-state index in [1.165, 1.54) is 9.42 Å². The third kappa shape index (κ3) is 3.87. The minimum absolute atomic E-state index is 0.0107. The smallest absolute Gasteiger partial charge is 0.291 e. The number of nitrogens with zero attached hydrogens (tertiary/aromatic N) is 5. The Morgan fingerprint density at radius 2 is 1.92 bits per heavy atom. The van der Waals surface area contributed by atoms with Gasteiger partial charge in [0, 0.05) is 25.5 Å². The molecular formula is C16H24N6O2. The number of fused-ring (bicyclic) bond motifs is 1. The predicted octanol–water partition coefficient (Wildman–Crippen LogP) is 0.974. The molecule has 1 N–H and O–H groups in total. The van der Waals surface area contributed by atoms with Crippen molar-refractivity contribution < 1.29 is 9.59 Å². The van der Waals surface area contributed by atoms with Gasteiger partial charge in [0.05, 0.1) is 0 Å². The van der Waals surface area contributed by atoms with Crippen molar-refractivity contribution in [3.63, 3.8) is 0 Å². The molecule has 8 heteroatoms. The van der Waals surface area contributed by atoms with Gasteiger partial charge in [-0.05, 0) is 32.3 Å². The molecule has 2 aromatic rings. The number of rotatable bonds is 5. The monoisotopic (exact) mass is 332 g/mol. The molecule has 0 bridgehead atoms. The van der Waals surface area contributed by atoms with Gasteiger partial charge in [-0.1, -0.05) is 13.8 Å². The third-order valence-electron chi connectivity index (χ3n) is 3.57. The minimum Gasteiger partial charge on any atom is -0.347 e. The van der Waals surface area contributed by atoms with Gasteiger partial charge in [0.15, 0.2) is 0 Å². The molecule has 0 spiro atoms. The average molecular weight is 332 g/mol. The molecule has 2 heterocycles. The number of aryl methyl sites for hydroxylation is 2. The number of hydrogen-bond donors (Lipinski definition) is 1. The van der Waals surface area contributed by atoms with Crippen LogP contribution in [0.3, 0.4) is 0 Å². The highest BCUT2D eigenvalue weighted by Crippen LogP contribution is 2.09. The van der Waals surface area contributed by atoms with Gasteiger partial charge in [-0.3, -0.25) is 9.59 Å². The summed E-state index contributed by atoms with van der Waals surface area (Å²) in [5.74, 6) is 0.0256. The van der Waals surface area contributed by atoms with Gasteiger partial charge >= 0.3 is 0 Å². The van der Waals surface area contributed by atoms with Gasteiger partial charge in [0.1, 0.15) is 6.04 Å². The second-order valence-electron chi connectivity index (χ2n) is 6.57. The molecule has 0 fully saturated rings. The van der Waals surface area contributed by atoms with Crippen LogP contribution in [0.1, 0.15) is 42.3 Å². The summed E-state index contributed by atoms with van der Waals surface area (Å²) in [4.78, 5) is 34.7. The Morgan fingerprint density at radius 1 is 1.25 bits per heavy atom. The standard InChI is InChI=1S/C16H24N6O2/c1-9(2)7-12(15(24)21(5)6)18-14(23)13-19-16-17-10(3)8-11(4)22(16)20-13/h8-9,12H,7H2,1-6H3,(H,18,23)/t12-/m1/s1. The summed E-state index contributed by atoms with van der Waals surface area (Å²) in [6.07, 6.45) is 0.548. The van der Waals surface area contributed by atoms with Crippen molar-refractivity contribution in [1.29, 1.82) is 0 Å². The summed E-state index contributed by atoms with van der Waals surface area (Å²) < 4.78 is 1.52. The van der Waals surface area contributed by atoms with Crippen molar-refractivity contribution >= 4 is 17.6 Å². The first kappa shape index (κ1) is 17.8. The van der Waals surface area contributed by atoms with Crippen LogP contribution in [0.25, 0.3) is 5.78 Å². The van der Waals surface area contributed by atoms with Gasteiger partial charge < -0.3 is 10.2 Å². The van der Waals surface area contributed by atoms with Crippen molar-refractivity contribution in [2.75, 3.05) is 14.1 Å². The number of carbonyl (C=O) groups is 2. The lowest BCUT2D eigenvalue weighted by Crippen LogP contribution is -2.47. The van der Waals surface area contributed by atoms with Crippen LogP contribution >= 0.6 is 0 Å². The Kier molecular flexibility index (Phi) is 5.16. The fraction of sp³-hybridized carbons (Fsp3) is 0.562. The molecule has 0 unspecified atom stereocenters. The van der Waals surface area contributed by atoms with E-state index in [9.17, 15) is 9.59 Å². The second-order valence-corrected chi connectivity index (χ2v) is 6.57.